The molecule has 1 aromatic heterocycles. The summed E-state index contributed by atoms with van der Waals surface area (Å²) in [6.45, 7) is 9.65. The first kappa shape index (κ1) is 15.7. The average molecular weight is 278 g/mol. The highest BCUT2D eigenvalue weighted by atomic mass is 32.1. The lowest BCUT2D eigenvalue weighted by Crippen LogP contribution is -2.36. The maximum atomic E-state index is 12.0. The first-order chi connectivity index (χ1) is 8.86. The minimum atomic E-state index is -0.0282. The van der Waals surface area contributed by atoms with Crippen molar-refractivity contribution < 1.29 is 4.79 Å². The number of nitrogens with two attached hydrogens (primary N) is 1. The Labute approximate surface area is 119 Å². The van der Waals surface area contributed by atoms with E-state index in [4.69, 9.17) is 5.73 Å². The monoisotopic (exact) mass is 278 g/mol. The molecule has 104 valence electrons. The van der Waals surface area contributed by atoms with Crippen LogP contribution >= 0.6 is 11.3 Å². The van der Waals surface area contributed by atoms with E-state index in [9.17, 15) is 4.79 Å². The van der Waals surface area contributed by atoms with Crippen LogP contribution in [0.3, 0.4) is 0 Å². The van der Waals surface area contributed by atoms with E-state index >= 15 is 0 Å². The van der Waals surface area contributed by atoms with E-state index in [0.717, 1.165) is 4.88 Å². The Balaban J connectivity index is 2.62. The molecule has 0 radical (unpaired) electrons. The molecular formula is C15H22N2OS. The molecule has 1 amide bonds. The molecule has 0 saturated heterocycles. The topological polar surface area (TPSA) is 55.1 Å². The van der Waals surface area contributed by atoms with Gasteiger partial charge < -0.3 is 11.1 Å². The first-order valence-corrected chi connectivity index (χ1v) is 7.25. The lowest BCUT2D eigenvalue weighted by atomic mass is 9.81. The van der Waals surface area contributed by atoms with Crippen molar-refractivity contribution in [1.82, 2.24) is 5.32 Å². The third-order valence-corrected chi connectivity index (χ3v) is 4.41. The molecule has 0 unspecified atom stereocenters. The van der Waals surface area contributed by atoms with Gasteiger partial charge in [-0.2, -0.15) is 0 Å². The number of hydrogen-bond acceptors (Lipinski definition) is 3. The Kier molecular flexibility index (Phi) is 5.59. The van der Waals surface area contributed by atoms with E-state index in [1.807, 2.05) is 12.1 Å². The summed E-state index contributed by atoms with van der Waals surface area (Å²) in [5.41, 5.74) is 5.41. The number of amides is 1. The normalized spacial score (nSPS) is 11.1. The summed E-state index contributed by atoms with van der Waals surface area (Å²) in [6.07, 6.45) is 0. The van der Waals surface area contributed by atoms with Crippen LogP contribution in [-0.4, -0.2) is 19.0 Å². The van der Waals surface area contributed by atoms with Crippen molar-refractivity contribution in [2.75, 3.05) is 13.1 Å². The molecule has 19 heavy (non-hydrogen) atoms. The van der Waals surface area contributed by atoms with Gasteiger partial charge in [0.05, 0.1) is 16.3 Å². The Hall–Kier alpha value is -1.31. The largest absolute Gasteiger partial charge is 0.351 e. The second-order valence-electron chi connectivity index (χ2n) is 5.50. The maximum Gasteiger partial charge on any atom is 0.261 e. The van der Waals surface area contributed by atoms with Crippen LogP contribution in [0.15, 0.2) is 12.1 Å². The minimum Gasteiger partial charge on any atom is -0.351 e. The zero-order valence-corrected chi connectivity index (χ0v) is 12.9. The quantitative estimate of drug-likeness (QED) is 0.831. The van der Waals surface area contributed by atoms with Gasteiger partial charge in [0.1, 0.15) is 0 Å². The Morgan fingerprint density at radius 1 is 1.47 bits per heavy atom. The van der Waals surface area contributed by atoms with Crippen LogP contribution < -0.4 is 11.1 Å². The van der Waals surface area contributed by atoms with Gasteiger partial charge in [0.2, 0.25) is 0 Å². The van der Waals surface area contributed by atoms with E-state index in [-0.39, 0.29) is 11.3 Å². The molecule has 1 aromatic rings. The molecule has 0 aliphatic carbocycles. The van der Waals surface area contributed by atoms with Crippen molar-refractivity contribution in [2.24, 2.45) is 17.1 Å². The van der Waals surface area contributed by atoms with Crippen molar-refractivity contribution in [3.63, 3.8) is 0 Å². The van der Waals surface area contributed by atoms with E-state index in [1.165, 1.54) is 11.3 Å². The fraction of sp³-hybridized carbons (Fsp3) is 0.533. The molecule has 1 rings (SSSR count). The molecule has 0 saturated carbocycles. The van der Waals surface area contributed by atoms with Crippen LogP contribution in [0.25, 0.3) is 0 Å². The Morgan fingerprint density at radius 3 is 2.74 bits per heavy atom. The van der Waals surface area contributed by atoms with Crippen molar-refractivity contribution >= 4 is 17.2 Å². The summed E-state index contributed by atoms with van der Waals surface area (Å²) < 4.78 is 0. The summed E-state index contributed by atoms with van der Waals surface area (Å²) >= 11 is 1.40. The fourth-order valence-corrected chi connectivity index (χ4v) is 2.06. The number of nitrogens with one attached hydrogen (secondary N) is 1. The number of thiophene rings is 1. The standard InChI is InChI=1S/C15H22N2OS/c1-11(2)15(3,4)10-17-14(18)13-8-7-12(19-13)6-5-9-16/h7-8,11H,9-10,16H2,1-4H3,(H,17,18). The predicted octanol–water partition coefficient (Wildman–Crippen LogP) is 2.47. The van der Waals surface area contributed by atoms with Gasteiger partial charge >= 0.3 is 0 Å². The van der Waals surface area contributed by atoms with E-state index in [2.05, 4.69) is 44.9 Å². The predicted molar refractivity (Wildman–Crippen MR) is 81.2 cm³/mol. The Morgan fingerprint density at radius 2 is 2.16 bits per heavy atom. The van der Waals surface area contributed by atoms with Crippen LogP contribution in [0.2, 0.25) is 0 Å². The van der Waals surface area contributed by atoms with Gasteiger partial charge in [-0.25, -0.2) is 0 Å². The van der Waals surface area contributed by atoms with E-state index < -0.39 is 0 Å². The van der Waals surface area contributed by atoms with Gasteiger partial charge in [-0.15, -0.1) is 11.3 Å². The molecule has 1 heterocycles. The van der Waals surface area contributed by atoms with Crippen LogP contribution in [0.1, 0.15) is 42.2 Å². The zero-order valence-electron chi connectivity index (χ0n) is 12.0. The van der Waals surface area contributed by atoms with Crippen LogP contribution in [-0.2, 0) is 0 Å². The summed E-state index contributed by atoms with van der Waals surface area (Å²) in [7, 11) is 0. The lowest BCUT2D eigenvalue weighted by Gasteiger charge is -2.29. The molecule has 0 aliphatic heterocycles. The molecule has 0 fully saturated rings. The van der Waals surface area contributed by atoms with Crippen molar-refractivity contribution in [1.29, 1.82) is 0 Å². The lowest BCUT2D eigenvalue weighted by molar-refractivity contribution is 0.0929. The van der Waals surface area contributed by atoms with Gasteiger partial charge in [-0.3, -0.25) is 4.79 Å². The van der Waals surface area contributed by atoms with Gasteiger partial charge in [-0.05, 0) is 23.5 Å². The van der Waals surface area contributed by atoms with Crippen LogP contribution in [0.4, 0.5) is 0 Å². The highest BCUT2D eigenvalue weighted by Gasteiger charge is 2.23. The van der Waals surface area contributed by atoms with Gasteiger partial charge in [0.25, 0.3) is 5.91 Å². The van der Waals surface area contributed by atoms with Gasteiger partial charge in [0.15, 0.2) is 0 Å². The smallest absolute Gasteiger partial charge is 0.261 e. The number of carbonyl (C=O) groups excluding carboxylic acids is 1. The molecule has 0 bridgehead atoms. The highest BCUT2D eigenvalue weighted by molar-refractivity contribution is 7.14. The third kappa shape index (κ3) is 4.70. The van der Waals surface area contributed by atoms with Crippen molar-refractivity contribution in [2.45, 2.75) is 27.7 Å². The van der Waals surface area contributed by atoms with Gasteiger partial charge in [0, 0.05) is 6.54 Å². The molecule has 3 nitrogen and oxygen atoms in total. The van der Waals surface area contributed by atoms with Gasteiger partial charge in [-0.1, -0.05) is 39.5 Å². The number of rotatable bonds is 4. The highest BCUT2D eigenvalue weighted by Crippen LogP contribution is 2.25. The second-order valence-corrected chi connectivity index (χ2v) is 6.58. The molecule has 0 spiro atoms. The molecule has 4 heteroatoms. The second kappa shape index (κ2) is 6.74. The van der Waals surface area contributed by atoms with Crippen molar-refractivity contribution in [3.8, 4) is 11.8 Å². The molecular weight excluding hydrogens is 256 g/mol. The fourth-order valence-electron chi connectivity index (χ4n) is 1.26. The molecule has 0 aromatic carbocycles. The number of hydrogen-bond donors (Lipinski definition) is 2. The molecule has 0 aliphatic rings. The zero-order chi connectivity index (χ0) is 14.5. The number of carbonyl (C=O) groups is 1. The van der Waals surface area contributed by atoms with E-state index in [0.29, 0.717) is 23.9 Å². The summed E-state index contributed by atoms with van der Waals surface area (Å²) in [5, 5.41) is 2.99. The summed E-state index contributed by atoms with van der Waals surface area (Å²) in [4.78, 5) is 13.6. The van der Waals surface area contributed by atoms with Crippen LogP contribution in [0, 0.1) is 23.2 Å². The van der Waals surface area contributed by atoms with Crippen molar-refractivity contribution in [3.05, 3.63) is 21.9 Å². The maximum absolute atomic E-state index is 12.0. The average Bonchev–Trinajstić information content (AvgIpc) is 2.82. The van der Waals surface area contributed by atoms with Crippen LogP contribution in [0.5, 0.6) is 0 Å². The van der Waals surface area contributed by atoms with E-state index in [1.54, 1.807) is 0 Å². The third-order valence-electron chi connectivity index (χ3n) is 3.41. The molecule has 0 atom stereocenters. The first-order valence-electron chi connectivity index (χ1n) is 6.44. The summed E-state index contributed by atoms with van der Waals surface area (Å²) in [6, 6.07) is 3.67. The summed E-state index contributed by atoms with van der Waals surface area (Å²) in [5.74, 6) is 6.21. The minimum absolute atomic E-state index is 0.0282. The Bertz CT molecular complexity index is 492. The molecule has 3 N–H and O–H groups in total. The SMILES string of the molecule is CC(C)C(C)(C)CNC(=O)c1ccc(C#CCN)s1.